The van der Waals surface area contributed by atoms with Crippen LogP contribution >= 0.6 is 11.6 Å². The van der Waals surface area contributed by atoms with Crippen molar-refractivity contribution in [3.05, 3.63) is 59.1 Å². The molecule has 136 valence electrons. The number of para-hydroxylation sites is 1. The topological polar surface area (TPSA) is 70.1 Å². The van der Waals surface area contributed by atoms with E-state index < -0.39 is 5.97 Å². The number of halogens is 1. The van der Waals surface area contributed by atoms with Gasteiger partial charge in [-0.2, -0.15) is 0 Å². The lowest BCUT2D eigenvalue weighted by molar-refractivity contribution is -0.134. The van der Waals surface area contributed by atoms with E-state index in [4.69, 9.17) is 16.3 Å². The predicted octanol–water partition coefficient (Wildman–Crippen LogP) is 2.55. The Labute approximate surface area is 156 Å². The van der Waals surface area contributed by atoms with Crippen LogP contribution in [0.15, 0.2) is 48.5 Å². The second-order valence-electron chi connectivity index (χ2n) is 5.94. The summed E-state index contributed by atoms with van der Waals surface area (Å²) in [7, 11) is 0. The number of phenols is 1. The molecule has 6 nitrogen and oxygen atoms in total. The number of anilines is 1. The van der Waals surface area contributed by atoms with Gasteiger partial charge in [-0.1, -0.05) is 29.8 Å². The summed E-state index contributed by atoms with van der Waals surface area (Å²) >= 11 is 6.02. The normalized spacial score (nSPS) is 14.2. The van der Waals surface area contributed by atoms with Crippen molar-refractivity contribution < 1.29 is 19.4 Å². The quantitative estimate of drug-likeness (QED) is 0.833. The number of piperazine rings is 1. The molecule has 0 bridgehead atoms. The minimum absolute atomic E-state index is 0.0473. The smallest absolute Gasteiger partial charge is 0.342 e. The van der Waals surface area contributed by atoms with Crippen molar-refractivity contribution in [2.45, 2.75) is 0 Å². The second kappa shape index (κ2) is 8.10. The Balaban J connectivity index is 1.49. The number of benzene rings is 2. The number of ether oxygens (including phenoxy) is 1. The number of nitrogens with zero attached hydrogens (tertiary/aromatic N) is 2. The molecule has 0 unspecified atom stereocenters. The van der Waals surface area contributed by atoms with Crippen molar-refractivity contribution in [2.75, 3.05) is 37.7 Å². The molecule has 1 heterocycles. The molecule has 3 rings (SSSR count). The number of amides is 1. The molecule has 7 heteroatoms. The van der Waals surface area contributed by atoms with Crippen molar-refractivity contribution in [1.82, 2.24) is 4.90 Å². The monoisotopic (exact) mass is 374 g/mol. The van der Waals surface area contributed by atoms with Crippen LogP contribution in [0.4, 0.5) is 5.69 Å². The number of esters is 1. The molecule has 2 aromatic rings. The predicted molar refractivity (Wildman–Crippen MR) is 98.6 cm³/mol. The molecule has 1 aliphatic heterocycles. The van der Waals surface area contributed by atoms with Gasteiger partial charge in [0.05, 0.1) is 0 Å². The number of rotatable bonds is 4. The van der Waals surface area contributed by atoms with Crippen LogP contribution in [0.3, 0.4) is 0 Å². The van der Waals surface area contributed by atoms with Crippen LogP contribution in [-0.4, -0.2) is 54.7 Å². The van der Waals surface area contributed by atoms with Crippen molar-refractivity contribution in [3.63, 3.8) is 0 Å². The highest BCUT2D eigenvalue weighted by molar-refractivity contribution is 6.30. The van der Waals surface area contributed by atoms with E-state index in [0.717, 1.165) is 5.69 Å². The van der Waals surface area contributed by atoms with E-state index in [9.17, 15) is 14.7 Å². The minimum Gasteiger partial charge on any atom is -0.507 e. The number of carbonyl (C=O) groups excluding carboxylic acids is 2. The summed E-state index contributed by atoms with van der Waals surface area (Å²) in [6.07, 6.45) is 0. The van der Waals surface area contributed by atoms with Gasteiger partial charge in [-0.25, -0.2) is 4.79 Å². The van der Waals surface area contributed by atoms with E-state index in [0.29, 0.717) is 31.2 Å². The fraction of sp³-hybridized carbons (Fsp3) is 0.263. The Morgan fingerprint density at radius 2 is 1.77 bits per heavy atom. The average Bonchev–Trinajstić information content (AvgIpc) is 2.66. The summed E-state index contributed by atoms with van der Waals surface area (Å²) < 4.78 is 5.03. The van der Waals surface area contributed by atoms with E-state index in [2.05, 4.69) is 4.90 Å². The molecule has 26 heavy (non-hydrogen) atoms. The Hall–Kier alpha value is -2.73. The fourth-order valence-corrected chi connectivity index (χ4v) is 3.01. The third-order valence-electron chi connectivity index (χ3n) is 4.26. The van der Waals surface area contributed by atoms with Gasteiger partial charge < -0.3 is 19.6 Å². The number of hydrogen-bond donors (Lipinski definition) is 1. The Morgan fingerprint density at radius 1 is 1.04 bits per heavy atom. The lowest BCUT2D eigenvalue weighted by atomic mass is 10.2. The van der Waals surface area contributed by atoms with Crippen LogP contribution in [0.2, 0.25) is 5.02 Å². The van der Waals surface area contributed by atoms with Crippen molar-refractivity contribution in [2.24, 2.45) is 0 Å². The number of hydrogen-bond acceptors (Lipinski definition) is 5. The first kappa shape index (κ1) is 18.1. The van der Waals surface area contributed by atoms with Crippen molar-refractivity contribution in [3.8, 4) is 5.75 Å². The Kier molecular flexibility index (Phi) is 5.63. The first-order valence-electron chi connectivity index (χ1n) is 8.28. The van der Waals surface area contributed by atoms with Crippen molar-refractivity contribution in [1.29, 1.82) is 0 Å². The molecule has 1 fully saturated rings. The van der Waals surface area contributed by atoms with Gasteiger partial charge in [0.15, 0.2) is 6.61 Å². The Bertz CT molecular complexity index is 804. The molecule has 0 spiro atoms. The van der Waals surface area contributed by atoms with Crippen LogP contribution in [0.25, 0.3) is 0 Å². The summed E-state index contributed by atoms with van der Waals surface area (Å²) in [6, 6.07) is 13.7. The zero-order valence-corrected chi connectivity index (χ0v) is 14.9. The van der Waals surface area contributed by atoms with E-state index >= 15 is 0 Å². The van der Waals surface area contributed by atoms with E-state index in [1.807, 2.05) is 24.3 Å². The highest BCUT2D eigenvalue weighted by atomic mass is 35.5. The molecule has 1 amide bonds. The van der Waals surface area contributed by atoms with Crippen LogP contribution in [0, 0.1) is 0 Å². The van der Waals surface area contributed by atoms with Crippen LogP contribution in [-0.2, 0) is 9.53 Å². The summed E-state index contributed by atoms with van der Waals surface area (Å²) in [5.41, 5.74) is 1.07. The van der Waals surface area contributed by atoms with E-state index in [-0.39, 0.29) is 23.8 Å². The molecule has 0 aliphatic carbocycles. The summed E-state index contributed by atoms with van der Waals surface area (Å²) in [5.74, 6) is -1.13. The summed E-state index contributed by atoms with van der Waals surface area (Å²) in [6.45, 7) is 2.10. The van der Waals surface area contributed by atoms with Gasteiger partial charge in [-0.15, -0.1) is 0 Å². The van der Waals surface area contributed by atoms with Crippen molar-refractivity contribution >= 4 is 29.2 Å². The highest BCUT2D eigenvalue weighted by Crippen LogP contribution is 2.21. The van der Waals surface area contributed by atoms with E-state index in [1.165, 1.54) is 12.1 Å². The van der Waals surface area contributed by atoms with Gasteiger partial charge in [-0.3, -0.25) is 4.79 Å². The fourth-order valence-electron chi connectivity index (χ4n) is 2.83. The van der Waals surface area contributed by atoms with Gasteiger partial charge in [0, 0.05) is 36.9 Å². The SMILES string of the molecule is O=C(OCC(=O)N1CCN(c2cccc(Cl)c2)CC1)c1ccccc1O. The lowest BCUT2D eigenvalue weighted by Gasteiger charge is -2.36. The standard InChI is InChI=1S/C19H19ClN2O4/c20-14-4-3-5-15(12-14)21-8-10-22(11-9-21)18(24)13-26-19(25)16-6-1-2-7-17(16)23/h1-7,12,23H,8-11,13H2. The average molecular weight is 375 g/mol. The molecule has 0 atom stereocenters. The number of aromatic hydroxyl groups is 1. The van der Waals surface area contributed by atoms with E-state index in [1.54, 1.807) is 17.0 Å². The summed E-state index contributed by atoms with van der Waals surface area (Å²) in [4.78, 5) is 28.0. The van der Waals surface area contributed by atoms with Gasteiger partial charge in [0.25, 0.3) is 5.91 Å². The van der Waals surface area contributed by atoms with Crippen LogP contribution in [0.1, 0.15) is 10.4 Å². The molecular formula is C19H19ClN2O4. The second-order valence-corrected chi connectivity index (χ2v) is 6.38. The van der Waals surface area contributed by atoms with Gasteiger partial charge in [-0.05, 0) is 30.3 Å². The third-order valence-corrected chi connectivity index (χ3v) is 4.49. The molecule has 2 aromatic carbocycles. The summed E-state index contributed by atoms with van der Waals surface area (Å²) in [5, 5.41) is 10.3. The molecule has 0 aromatic heterocycles. The van der Waals surface area contributed by atoms with Crippen LogP contribution < -0.4 is 4.90 Å². The first-order chi connectivity index (χ1) is 12.5. The molecule has 0 saturated carbocycles. The minimum atomic E-state index is -0.714. The molecule has 0 radical (unpaired) electrons. The largest absolute Gasteiger partial charge is 0.507 e. The maximum Gasteiger partial charge on any atom is 0.342 e. The zero-order valence-electron chi connectivity index (χ0n) is 14.1. The molecule has 1 aliphatic rings. The maximum atomic E-state index is 12.3. The molecular weight excluding hydrogens is 356 g/mol. The maximum absolute atomic E-state index is 12.3. The van der Waals surface area contributed by atoms with Gasteiger partial charge in [0.1, 0.15) is 11.3 Å². The third kappa shape index (κ3) is 4.26. The van der Waals surface area contributed by atoms with Crippen LogP contribution in [0.5, 0.6) is 5.75 Å². The highest BCUT2D eigenvalue weighted by Gasteiger charge is 2.23. The zero-order chi connectivity index (χ0) is 18.5. The lowest BCUT2D eigenvalue weighted by Crippen LogP contribution is -2.49. The first-order valence-corrected chi connectivity index (χ1v) is 8.66. The number of phenolic OH excluding ortho intramolecular Hbond substituents is 1. The van der Waals surface area contributed by atoms with Gasteiger partial charge in [0.2, 0.25) is 0 Å². The van der Waals surface area contributed by atoms with Gasteiger partial charge >= 0.3 is 5.97 Å². The number of carbonyl (C=O) groups is 2. The molecule has 1 saturated heterocycles. The molecule has 1 N–H and O–H groups in total. The Morgan fingerprint density at radius 3 is 2.46 bits per heavy atom.